The maximum absolute atomic E-state index is 4.30. The van der Waals surface area contributed by atoms with Gasteiger partial charge in [0.2, 0.25) is 0 Å². The van der Waals surface area contributed by atoms with Crippen LogP contribution in [0.4, 0.5) is 0 Å². The predicted molar refractivity (Wildman–Crippen MR) is 57.2 cm³/mol. The lowest BCUT2D eigenvalue weighted by atomic mass is 10.2. The van der Waals surface area contributed by atoms with Gasteiger partial charge in [-0.25, -0.2) is 4.98 Å². The van der Waals surface area contributed by atoms with Gasteiger partial charge in [-0.1, -0.05) is 13.8 Å². The van der Waals surface area contributed by atoms with Gasteiger partial charge in [-0.15, -0.1) is 0 Å². The van der Waals surface area contributed by atoms with E-state index in [-0.39, 0.29) is 0 Å². The Hall–Kier alpha value is 0.170. The lowest BCUT2D eigenvalue weighted by molar-refractivity contribution is 0.507. The highest BCUT2D eigenvalue weighted by Gasteiger charge is 2.10. The summed E-state index contributed by atoms with van der Waals surface area (Å²) in [7, 11) is 0. The normalized spacial score (nSPS) is 11.2. The summed E-state index contributed by atoms with van der Waals surface area (Å²) in [6.07, 6.45) is 0. The van der Waals surface area contributed by atoms with Gasteiger partial charge in [0.1, 0.15) is 15.0 Å². The molecule has 0 aliphatic rings. The smallest absolute Gasteiger partial charge is 0.139 e. The molecule has 0 N–H and O–H groups in total. The molecule has 0 saturated carbocycles. The Morgan fingerprint density at radius 1 is 1.42 bits per heavy atom. The Labute approximate surface area is 89.6 Å². The minimum Gasteiger partial charge on any atom is -0.322 e. The van der Waals surface area contributed by atoms with Crippen molar-refractivity contribution >= 4 is 31.9 Å². The van der Waals surface area contributed by atoms with Crippen LogP contribution >= 0.6 is 31.9 Å². The molecule has 0 atom stereocenters. The summed E-state index contributed by atoms with van der Waals surface area (Å²) in [5.74, 6) is 1.68. The van der Waals surface area contributed by atoms with Crippen molar-refractivity contribution in [3.05, 3.63) is 15.0 Å². The molecule has 0 saturated heterocycles. The zero-order chi connectivity index (χ0) is 9.30. The van der Waals surface area contributed by atoms with Gasteiger partial charge in [-0.2, -0.15) is 0 Å². The molecule has 0 aliphatic carbocycles. The monoisotopic (exact) mass is 294 g/mol. The molecule has 12 heavy (non-hydrogen) atoms. The summed E-state index contributed by atoms with van der Waals surface area (Å²) in [4.78, 5) is 4.30. The summed E-state index contributed by atoms with van der Waals surface area (Å²) in [5.41, 5.74) is 0. The van der Waals surface area contributed by atoms with E-state index in [1.54, 1.807) is 0 Å². The van der Waals surface area contributed by atoms with Crippen molar-refractivity contribution in [1.29, 1.82) is 0 Å². The maximum Gasteiger partial charge on any atom is 0.139 e. The Morgan fingerprint density at radius 2 is 2.00 bits per heavy atom. The number of aromatic nitrogens is 2. The third-order valence-electron chi connectivity index (χ3n) is 1.61. The van der Waals surface area contributed by atoms with Gasteiger partial charge in [-0.05, 0) is 44.7 Å². The van der Waals surface area contributed by atoms with Crippen molar-refractivity contribution in [3.63, 3.8) is 0 Å². The largest absolute Gasteiger partial charge is 0.322 e. The van der Waals surface area contributed by atoms with Gasteiger partial charge in [0.15, 0.2) is 0 Å². The lowest BCUT2D eigenvalue weighted by Gasteiger charge is -2.08. The van der Waals surface area contributed by atoms with E-state index in [2.05, 4.69) is 55.3 Å². The third kappa shape index (κ3) is 2.10. The fourth-order valence-electron chi connectivity index (χ4n) is 1.08. The molecule has 0 fully saturated rings. The molecule has 68 valence electrons. The van der Waals surface area contributed by atoms with Crippen LogP contribution in [-0.2, 0) is 6.54 Å². The maximum atomic E-state index is 4.30. The van der Waals surface area contributed by atoms with Gasteiger partial charge in [-0.3, -0.25) is 0 Å². The van der Waals surface area contributed by atoms with Crippen molar-refractivity contribution in [1.82, 2.24) is 9.55 Å². The molecular weight excluding hydrogens is 284 g/mol. The van der Waals surface area contributed by atoms with Crippen molar-refractivity contribution in [3.8, 4) is 0 Å². The zero-order valence-electron chi connectivity index (χ0n) is 7.43. The van der Waals surface area contributed by atoms with Gasteiger partial charge in [0.05, 0.1) is 0 Å². The minimum absolute atomic E-state index is 0.640. The number of aryl methyl sites for hydroxylation is 1. The zero-order valence-corrected chi connectivity index (χ0v) is 10.6. The van der Waals surface area contributed by atoms with Crippen LogP contribution in [0.5, 0.6) is 0 Å². The summed E-state index contributed by atoms with van der Waals surface area (Å²) in [6.45, 7) is 7.41. The average molecular weight is 296 g/mol. The van der Waals surface area contributed by atoms with E-state index in [9.17, 15) is 0 Å². The van der Waals surface area contributed by atoms with Crippen LogP contribution in [-0.4, -0.2) is 9.55 Å². The first-order chi connectivity index (χ1) is 5.52. The van der Waals surface area contributed by atoms with Crippen molar-refractivity contribution in [2.45, 2.75) is 27.3 Å². The molecule has 0 spiro atoms. The van der Waals surface area contributed by atoms with Crippen LogP contribution < -0.4 is 0 Å². The van der Waals surface area contributed by atoms with E-state index in [1.165, 1.54) is 0 Å². The van der Waals surface area contributed by atoms with E-state index < -0.39 is 0 Å². The second-order valence-corrected chi connectivity index (χ2v) is 4.75. The van der Waals surface area contributed by atoms with Gasteiger partial charge < -0.3 is 4.57 Å². The molecule has 1 rings (SSSR count). The number of hydrogen-bond donors (Lipinski definition) is 0. The quantitative estimate of drug-likeness (QED) is 0.818. The van der Waals surface area contributed by atoms with E-state index in [4.69, 9.17) is 0 Å². The summed E-state index contributed by atoms with van der Waals surface area (Å²) >= 11 is 6.86. The fraction of sp³-hybridized carbons (Fsp3) is 0.625. The molecule has 0 unspecified atom stereocenters. The number of hydrogen-bond acceptors (Lipinski definition) is 1. The second-order valence-electron chi connectivity index (χ2n) is 3.25. The molecule has 0 aliphatic heterocycles. The van der Waals surface area contributed by atoms with Crippen LogP contribution in [0.1, 0.15) is 19.7 Å². The molecule has 1 aromatic rings. The minimum atomic E-state index is 0.640. The predicted octanol–water partition coefficient (Wildman–Crippen LogP) is 3.37. The molecular formula is C8H12Br2N2. The molecule has 0 bridgehead atoms. The first-order valence-corrected chi connectivity index (χ1v) is 5.49. The number of nitrogens with zero attached hydrogens (tertiary/aromatic N) is 2. The van der Waals surface area contributed by atoms with Crippen LogP contribution in [0.3, 0.4) is 0 Å². The average Bonchev–Trinajstić information content (AvgIpc) is 2.16. The summed E-state index contributed by atoms with van der Waals surface area (Å²) in [5, 5.41) is 0. The highest BCUT2D eigenvalue weighted by Crippen LogP contribution is 2.24. The number of rotatable bonds is 2. The van der Waals surface area contributed by atoms with Crippen LogP contribution in [0, 0.1) is 12.8 Å². The molecule has 1 aromatic heterocycles. The van der Waals surface area contributed by atoms with Crippen molar-refractivity contribution < 1.29 is 0 Å². The Balaban J connectivity index is 2.97. The molecule has 4 heteroatoms. The van der Waals surface area contributed by atoms with Crippen LogP contribution in [0.15, 0.2) is 9.21 Å². The SMILES string of the molecule is Cc1nc(Br)c(Br)n1CC(C)C. The molecule has 2 nitrogen and oxygen atoms in total. The summed E-state index contributed by atoms with van der Waals surface area (Å²) < 4.78 is 4.09. The Kier molecular flexibility index (Phi) is 3.35. The summed E-state index contributed by atoms with van der Waals surface area (Å²) in [6, 6.07) is 0. The highest BCUT2D eigenvalue weighted by atomic mass is 79.9. The second kappa shape index (κ2) is 3.92. The molecule has 1 heterocycles. The molecule has 0 aromatic carbocycles. The van der Waals surface area contributed by atoms with Crippen LogP contribution in [0.25, 0.3) is 0 Å². The Morgan fingerprint density at radius 3 is 2.33 bits per heavy atom. The van der Waals surface area contributed by atoms with E-state index in [0.29, 0.717) is 5.92 Å². The topological polar surface area (TPSA) is 17.8 Å². The lowest BCUT2D eigenvalue weighted by Crippen LogP contribution is -2.06. The highest BCUT2D eigenvalue weighted by molar-refractivity contribution is 9.13. The number of imidazole rings is 1. The van der Waals surface area contributed by atoms with Gasteiger partial charge in [0, 0.05) is 6.54 Å². The van der Waals surface area contributed by atoms with Crippen LogP contribution in [0.2, 0.25) is 0 Å². The molecule has 0 radical (unpaired) electrons. The third-order valence-corrected chi connectivity index (χ3v) is 3.49. The van der Waals surface area contributed by atoms with E-state index in [0.717, 1.165) is 21.6 Å². The first-order valence-electron chi connectivity index (χ1n) is 3.90. The molecule has 0 amide bonds. The van der Waals surface area contributed by atoms with E-state index >= 15 is 0 Å². The van der Waals surface area contributed by atoms with Gasteiger partial charge >= 0.3 is 0 Å². The van der Waals surface area contributed by atoms with Crippen molar-refractivity contribution in [2.75, 3.05) is 0 Å². The van der Waals surface area contributed by atoms with Gasteiger partial charge in [0.25, 0.3) is 0 Å². The van der Waals surface area contributed by atoms with E-state index in [1.807, 2.05) is 6.92 Å². The fourth-order valence-corrected chi connectivity index (χ4v) is 2.04. The Bertz CT molecular complexity index is 279. The first kappa shape index (κ1) is 10.3. The van der Waals surface area contributed by atoms with Crippen molar-refractivity contribution in [2.24, 2.45) is 5.92 Å². The standard InChI is InChI=1S/C8H12Br2N2/c1-5(2)4-12-6(3)11-7(9)8(12)10/h5H,4H2,1-3H3. The number of halogens is 2.